The predicted octanol–water partition coefficient (Wildman–Crippen LogP) is 12.1. The van der Waals surface area contributed by atoms with Gasteiger partial charge in [0.15, 0.2) is 53.4 Å². The van der Waals surface area contributed by atoms with Crippen molar-refractivity contribution >= 4 is 51.2 Å². The molecule has 1 aliphatic rings. The molecule has 0 bridgehead atoms. The molecule has 0 N–H and O–H groups in total. The molecule has 0 spiro atoms. The molecule has 378 valence electrons. The molecule has 75 heavy (non-hydrogen) atoms. The number of ether oxygens (including phenoxy) is 9. The van der Waals surface area contributed by atoms with Crippen LogP contribution in [0.1, 0.15) is 64.5 Å². The molecule has 12 nitrogen and oxygen atoms in total. The zero-order chi connectivity index (χ0) is 51.7. The van der Waals surface area contributed by atoms with E-state index in [1.807, 2.05) is 109 Å². The molecular formula is C63H54O12. The minimum atomic E-state index is 0.218. The Morgan fingerprint density at radius 3 is 0.800 bits per heavy atom. The predicted molar refractivity (Wildman–Crippen MR) is 288 cm³/mol. The van der Waals surface area contributed by atoms with Gasteiger partial charge in [0.1, 0.15) is 56.9 Å². The Hall–Kier alpha value is -9.03. The molecule has 0 atom stereocenters. The lowest BCUT2D eigenvalue weighted by Gasteiger charge is -2.20. The fourth-order valence-corrected chi connectivity index (χ4v) is 10.1. The van der Waals surface area contributed by atoms with E-state index < -0.39 is 0 Å². The highest BCUT2D eigenvalue weighted by Gasteiger charge is 2.27. The van der Waals surface area contributed by atoms with E-state index in [9.17, 15) is 14.4 Å². The highest BCUT2D eigenvalue weighted by atomic mass is 16.6. The van der Waals surface area contributed by atoms with Gasteiger partial charge in [-0.15, -0.1) is 0 Å². The second kappa shape index (κ2) is 22.8. The first kappa shape index (κ1) is 49.5. The van der Waals surface area contributed by atoms with Crippen LogP contribution in [0.15, 0.2) is 146 Å². The maximum absolute atomic E-state index is 11.7. The second-order valence-electron chi connectivity index (χ2n) is 17.8. The first-order valence-corrected chi connectivity index (χ1v) is 24.7. The Morgan fingerprint density at radius 1 is 0.307 bits per heavy atom. The average Bonchev–Trinajstić information content (AvgIpc) is 3.53. The van der Waals surface area contributed by atoms with E-state index in [0.717, 1.165) is 84.6 Å². The van der Waals surface area contributed by atoms with Crippen LogP contribution in [0.3, 0.4) is 0 Å². The van der Waals surface area contributed by atoms with E-state index >= 15 is 0 Å². The van der Waals surface area contributed by atoms with Crippen LogP contribution in [0.4, 0.5) is 0 Å². The first-order valence-electron chi connectivity index (χ1n) is 24.7. The van der Waals surface area contributed by atoms with E-state index in [1.165, 1.54) is 0 Å². The van der Waals surface area contributed by atoms with Gasteiger partial charge >= 0.3 is 0 Å². The van der Waals surface area contributed by atoms with Crippen molar-refractivity contribution in [3.8, 4) is 51.7 Å². The summed E-state index contributed by atoms with van der Waals surface area (Å²) in [4.78, 5) is 35.2. The quantitative estimate of drug-likeness (QED) is 0.0501. The Balaban J connectivity index is 0.946. The van der Waals surface area contributed by atoms with Gasteiger partial charge < -0.3 is 42.6 Å². The fraction of sp³-hybridized carbons (Fsp3) is 0.190. The number of carbonyl (C=O) groups is 3. The summed E-state index contributed by atoms with van der Waals surface area (Å²) < 4.78 is 56.8. The van der Waals surface area contributed by atoms with Crippen LogP contribution in [0, 0.1) is 0 Å². The van der Waals surface area contributed by atoms with Crippen LogP contribution in [-0.4, -0.2) is 79.8 Å². The maximum Gasteiger partial charge on any atom is 0.164 e. The summed E-state index contributed by atoms with van der Waals surface area (Å²) in [5.74, 6) is 5.40. The Kier molecular flexibility index (Phi) is 15.1. The zero-order valence-electron chi connectivity index (χ0n) is 41.9. The Bertz CT molecular complexity index is 3210. The number of hydrogen-bond donors (Lipinski definition) is 0. The molecular weight excluding hydrogens is 949 g/mol. The summed E-state index contributed by atoms with van der Waals surface area (Å²) in [6.45, 7) is 1.37. The van der Waals surface area contributed by atoms with Crippen LogP contribution in [0.25, 0.3) is 32.3 Å². The molecule has 10 rings (SSSR count). The minimum Gasteiger partial charge on any atom is -0.493 e. The van der Waals surface area contributed by atoms with Gasteiger partial charge in [-0.1, -0.05) is 91.0 Å². The van der Waals surface area contributed by atoms with Gasteiger partial charge in [-0.05, 0) is 87.4 Å². The molecule has 1 aliphatic carbocycles. The largest absolute Gasteiger partial charge is 0.493 e. The lowest BCUT2D eigenvalue weighted by Crippen LogP contribution is -2.12. The SMILES string of the molecule is COc1c(OCCOc2ccc(C=O)c3ccccc23)ccc2c1Cc1ccc(OCCOc3ccc(C=O)c4ccccc34)c(OC)c1Cc1ccc(OCCOc3ccc(C=O)c4ccccc34)c(OC)c1C2. The zero-order valence-corrected chi connectivity index (χ0v) is 41.9. The molecule has 0 aromatic heterocycles. The van der Waals surface area contributed by atoms with E-state index in [0.29, 0.717) is 87.7 Å². The molecule has 0 radical (unpaired) electrons. The first-order chi connectivity index (χ1) is 36.9. The third-order valence-electron chi connectivity index (χ3n) is 13.6. The van der Waals surface area contributed by atoms with Crippen molar-refractivity contribution in [3.05, 3.63) is 196 Å². The topological polar surface area (TPSA) is 134 Å². The molecule has 0 unspecified atom stereocenters. The molecule has 12 heteroatoms. The Morgan fingerprint density at radius 2 is 0.547 bits per heavy atom. The minimum absolute atomic E-state index is 0.218. The number of methoxy groups -OCH3 is 3. The lowest BCUT2D eigenvalue weighted by atomic mass is 9.93. The highest BCUT2D eigenvalue weighted by molar-refractivity contribution is 6.02. The van der Waals surface area contributed by atoms with Gasteiger partial charge in [-0.2, -0.15) is 0 Å². The van der Waals surface area contributed by atoms with Gasteiger partial charge in [0, 0.05) is 68.8 Å². The Labute approximate surface area is 434 Å². The molecule has 0 saturated heterocycles. The summed E-state index contributed by atoms with van der Waals surface area (Å²) >= 11 is 0. The summed E-state index contributed by atoms with van der Waals surface area (Å²) in [5, 5.41) is 5.00. The van der Waals surface area contributed by atoms with Gasteiger partial charge in [-0.3, -0.25) is 14.4 Å². The van der Waals surface area contributed by atoms with Crippen LogP contribution < -0.4 is 42.6 Å². The molecule has 0 fully saturated rings. The molecule has 0 heterocycles. The fourth-order valence-electron chi connectivity index (χ4n) is 10.1. The van der Waals surface area contributed by atoms with Crippen LogP contribution in [0.5, 0.6) is 51.7 Å². The van der Waals surface area contributed by atoms with Crippen molar-refractivity contribution in [2.75, 3.05) is 61.0 Å². The summed E-state index contributed by atoms with van der Waals surface area (Å²) in [5.41, 5.74) is 7.56. The third-order valence-corrected chi connectivity index (χ3v) is 13.6. The normalized spacial score (nSPS) is 11.7. The molecule has 9 aromatic carbocycles. The summed E-state index contributed by atoms with van der Waals surface area (Å²) in [6, 6.07) is 45.7. The average molecular weight is 1000 g/mol. The van der Waals surface area contributed by atoms with E-state index in [2.05, 4.69) is 18.2 Å². The van der Waals surface area contributed by atoms with Crippen LogP contribution >= 0.6 is 0 Å². The molecule has 0 aliphatic heterocycles. The summed E-state index contributed by atoms with van der Waals surface area (Å²) in [7, 11) is 4.94. The van der Waals surface area contributed by atoms with E-state index in [-0.39, 0.29) is 39.6 Å². The number of hydrogen-bond acceptors (Lipinski definition) is 12. The number of rotatable bonds is 21. The van der Waals surface area contributed by atoms with Crippen molar-refractivity contribution in [2.24, 2.45) is 0 Å². The number of carbonyl (C=O) groups excluding carboxylic acids is 3. The van der Waals surface area contributed by atoms with Crippen LogP contribution in [-0.2, 0) is 19.3 Å². The van der Waals surface area contributed by atoms with Gasteiger partial charge in [0.25, 0.3) is 0 Å². The van der Waals surface area contributed by atoms with Crippen molar-refractivity contribution in [2.45, 2.75) is 19.3 Å². The van der Waals surface area contributed by atoms with Crippen LogP contribution in [0.2, 0.25) is 0 Å². The second-order valence-corrected chi connectivity index (χ2v) is 17.8. The van der Waals surface area contributed by atoms with Crippen molar-refractivity contribution in [1.82, 2.24) is 0 Å². The smallest absolute Gasteiger partial charge is 0.164 e. The highest BCUT2D eigenvalue weighted by Crippen LogP contribution is 2.45. The number of aldehydes is 3. The van der Waals surface area contributed by atoms with E-state index in [1.54, 1.807) is 39.5 Å². The summed E-state index contributed by atoms with van der Waals surface area (Å²) in [6.07, 6.45) is 3.97. The van der Waals surface area contributed by atoms with Gasteiger partial charge in [-0.25, -0.2) is 0 Å². The number of benzene rings is 9. The van der Waals surface area contributed by atoms with Gasteiger partial charge in [0.2, 0.25) is 0 Å². The van der Waals surface area contributed by atoms with Crippen molar-refractivity contribution < 1.29 is 57.0 Å². The standard InChI is InChI=1S/C63H54O12/c1-67-61-52-34-41-17-26-59(74-32-29-71-56-23-20-44(38-65)47-11-5-8-14-50(47)56)63(69-3)54(41)36-42-18-27-60(75-33-30-72-57-24-21-45(39-66)48-12-6-9-15-51(48)57)62(68-2)53(42)35-40(52)16-25-58(61)73-31-28-70-55-22-19-43(37-64)46-10-4-7-13-49(46)55/h4-27,37-39H,28-36H2,1-3H3. The maximum atomic E-state index is 11.7. The third kappa shape index (κ3) is 10.2. The molecule has 9 aromatic rings. The molecule has 0 saturated carbocycles. The number of fused-ring (bicyclic) bond motifs is 6. The monoisotopic (exact) mass is 1000 g/mol. The van der Waals surface area contributed by atoms with Gasteiger partial charge in [0.05, 0.1) is 21.3 Å². The molecule has 0 amide bonds. The van der Waals surface area contributed by atoms with Crippen molar-refractivity contribution in [3.63, 3.8) is 0 Å². The lowest BCUT2D eigenvalue weighted by molar-refractivity contribution is 0.111. The van der Waals surface area contributed by atoms with Crippen molar-refractivity contribution in [1.29, 1.82) is 0 Å². The van der Waals surface area contributed by atoms with E-state index in [4.69, 9.17) is 42.6 Å².